The van der Waals surface area contributed by atoms with Gasteiger partial charge in [-0.15, -0.1) is 0 Å². The average Bonchev–Trinajstić information content (AvgIpc) is 3.32. The lowest BCUT2D eigenvalue weighted by molar-refractivity contribution is -0.302. The van der Waals surface area contributed by atoms with Crippen molar-refractivity contribution in [2.24, 2.45) is 29.6 Å². The summed E-state index contributed by atoms with van der Waals surface area (Å²) in [7, 11) is 4.62. The van der Waals surface area contributed by atoms with E-state index in [1.165, 1.54) is 19.1 Å². The molecular weight excluding hydrogens is 834 g/mol. The Morgan fingerprint density at radius 2 is 1.58 bits per heavy atom. The van der Waals surface area contributed by atoms with Crippen LogP contribution in [0.3, 0.4) is 0 Å². The van der Waals surface area contributed by atoms with Gasteiger partial charge < -0.3 is 38.4 Å². The van der Waals surface area contributed by atoms with E-state index < -0.39 is 77.8 Å². The van der Waals surface area contributed by atoms with Crippen molar-refractivity contribution in [1.82, 2.24) is 4.90 Å². The van der Waals surface area contributed by atoms with Crippen molar-refractivity contribution in [3.05, 3.63) is 65.3 Å². The van der Waals surface area contributed by atoms with Gasteiger partial charge in [-0.3, -0.25) is 14.4 Å². The highest BCUT2D eigenvalue weighted by Crippen LogP contribution is 2.40. The molecular formula is C52H76FNO11. The first-order valence-electron chi connectivity index (χ1n) is 24.0. The topological polar surface area (TPSA) is 147 Å². The number of amides is 1. The normalized spacial score (nSPS) is 37.5. The quantitative estimate of drug-likeness (QED) is 0.138. The van der Waals surface area contributed by atoms with Gasteiger partial charge in [-0.05, 0) is 113 Å². The smallest absolute Gasteiger partial charge is 0.329 e. The van der Waals surface area contributed by atoms with Crippen LogP contribution in [0.5, 0.6) is 0 Å². The Kier molecular flexibility index (Phi) is 19.7. The van der Waals surface area contributed by atoms with Crippen LogP contribution in [0.4, 0.5) is 4.39 Å². The molecule has 65 heavy (non-hydrogen) atoms. The molecule has 3 heterocycles. The number of nitrogens with zero attached hydrogens (tertiary/aromatic N) is 1. The first kappa shape index (κ1) is 52.4. The zero-order chi connectivity index (χ0) is 47.4. The summed E-state index contributed by atoms with van der Waals surface area (Å²) in [6.45, 7) is 11.4. The van der Waals surface area contributed by atoms with E-state index in [4.69, 9.17) is 28.4 Å². The maximum atomic E-state index is 16.3. The summed E-state index contributed by atoms with van der Waals surface area (Å²) in [6, 6.07) is 8.96. The number of hydrogen-bond acceptors (Lipinski definition) is 11. The fourth-order valence-corrected chi connectivity index (χ4v) is 10.4. The van der Waals surface area contributed by atoms with Gasteiger partial charge in [-0.1, -0.05) is 82.3 Å². The molecule has 14 unspecified atom stereocenters. The number of carbonyl (C=O) groups is 4. The van der Waals surface area contributed by atoms with Crippen LogP contribution in [0.1, 0.15) is 118 Å². The van der Waals surface area contributed by atoms with Gasteiger partial charge in [0.15, 0.2) is 0 Å². The van der Waals surface area contributed by atoms with Gasteiger partial charge in [0, 0.05) is 46.1 Å². The largest absolute Gasteiger partial charge is 0.456 e. The summed E-state index contributed by atoms with van der Waals surface area (Å²) >= 11 is 0. The third-order valence-corrected chi connectivity index (χ3v) is 14.5. The molecule has 13 heteroatoms. The number of halogens is 1. The van der Waals surface area contributed by atoms with Crippen molar-refractivity contribution in [2.45, 2.75) is 167 Å². The summed E-state index contributed by atoms with van der Waals surface area (Å²) in [6.07, 6.45) is 8.02. The second-order valence-electron chi connectivity index (χ2n) is 19.1. The van der Waals surface area contributed by atoms with Crippen molar-refractivity contribution in [1.29, 1.82) is 0 Å². The Bertz CT molecular complexity index is 1830. The van der Waals surface area contributed by atoms with E-state index in [1.807, 2.05) is 63.3 Å². The number of esters is 1. The maximum absolute atomic E-state index is 16.3. The molecule has 3 fully saturated rings. The lowest BCUT2D eigenvalue weighted by Gasteiger charge is -2.47. The highest BCUT2D eigenvalue weighted by molar-refractivity contribution is 6.39. The number of Topliss-reactive ketones (excluding diaryl/α,β-unsaturated/α-hetero) is 2. The van der Waals surface area contributed by atoms with E-state index in [0.717, 1.165) is 24.0 Å². The molecule has 2 bridgehead atoms. The molecule has 362 valence electrons. The number of allylic oxidation sites excluding steroid dienone is 3. The second-order valence-corrected chi connectivity index (χ2v) is 19.1. The molecule has 1 N–H and O–H groups in total. The van der Waals surface area contributed by atoms with Crippen LogP contribution in [0, 0.1) is 29.6 Å². The molecule has 1 saturated carbocycles. The van der Waals surface area contributed by atoms with Gasteiger partial charge in [-0.25, -0.2) is 9.18 Å². The standard InChI is InChI=1S/C52H76FNO11/c1-10-39-28-33(3)46(53)34(4)29-44(61-8)48-45(62-9)30-36(6)52(59,65-48)49(56)50(57)54-25-15-14-20-40(54)51(58)64-47(32(2)21-23-41(39)55)35(5)27-38-22-24-42(43(31-38)60-7)63-26-16-19-37-17-12-11-13-18-37/h11-13,16-19,27-28,32,34,36,38-40,42-48,59H,10,14-15,20-26,29-31H2,1-9H3/b19-16?,33-28+,35-27?. The molecule has 1 aromatic rings. The van der Waals surface area contributed by atoms with Crippen LogP contribution in [-0.2, 0) is 47.6 Å². The number of aliphatic hydroxyl groups is 1. The van der Waals surface area contributed by atoms with Crippen molar-refractivity contribution in [3.8, 4) is 0 Å². The monoisotopic (exact) mass is 910 g/mol. The minimum atomic E-state index is -2.57. The summed E-state index contributed by atoms with van der Waals surface area (Å²) in [5.74, 6) is -7.71. The third kappa shape index (κ3) is 13.1. The zero-order valence-corrected chi connectivity index (χ0v) is 40.2. The van der Waals surface area contributed by atoms with Crippen LogP contribution in [0.15, 0.2) is 59.7 Å². The van der Waals surface area contributed by atoms with Gasteiger partial charge in [0.25, 0.3) is 11.7 Å². The van der Waals surface area contributed by atoms with E-state index in [2.05, 4.69) is 6.08 Å². The number of methoxy groups -OCH3 is 3. The molecule has 1 aromatic carbocycles. The summed E-state index contributed by atoms with van der Waals surface area (Å²) in [4.78, 5) is 58.2. The van der Waals surface area contributed by atoms with Crippen LogP contribution >= 0.6 is 0 Å². The Morgan fingerprint density at radius 1 is 0.892 bits per heavy atom. The van der Waals surface area contributed by atoms with Crippen molar-refractivity contribution in [2.75, 3.05) is 34.5 Å². The number of benzene rings is 1. The Morgan fingerprint density at radius 3 is 2.26 bits per heavy atom. The molecule has 1 aliphatic carbocycles. The SMILES string of the molecule is CCC1/C=C(\C)C(F)C(C)CC(OC)C2OC(O)(C(=O)C(=O)N3CCCCC3C(=O)OC(C(C)=CC3CCC(OCC=Cc4ccccc4)C(OC)C3)C(C)CCC1=O)C(C)CC2OC. The van der Waals surface area contributed by atoms with E-state index in [9.17, 15) is 24.3 Å². The minimum absolute atomic E-state index is 0.0275. The molecule has 1 amide bonds. The predicted molar refractivity (Wildman–Crippen MR) is 246 cm³/mol. The summed E-state index contributed by atoms with van der Waals surface area (Å²) in [5, 5.41) is 12.1. The highest BCUT2D eigenvalue weighted by Gasteiger charge is 2.56. The number of hydrogen-bond donors (Lipinski definition) is 1. The first-order chi connectivity index (χ1) is 31.1. The molecule has 14 atom stereocenters. The van der Waals surface area contributed by atoms with E-state index in [-0.39, 0.29) is 62.1 Å². The number of ether oxygens (including phenoxy) is 6. The highest BCUT2D eigenvalue weighted by atomic mass is 19.1. The average molecular weight is 910 g/mol. The predicted octanol–water partition coefficient (Wildman–Crippen LogP) is 8.19. The molecule has 5 rings (SSSR count). The fraction of sp³-hybridized carbons (Fsp3) is 0.692. The van der Waals surface area contributed by atoms with Crippen LogP contribution < -0.4 is 0 Å². The molecule has 0 spiro atoms. The van der Waals surface area contributed by atoms with Gasteiger partial charge in [0.05, 0.1) is 31.0 Å². The molecule has 0 radical (unpaired) electrons. The van der Waals surface area contributed by atoms with E-state index in [0.29, 0.717) is 44.3 Å². The lowest BCUT2D eigenvalue weighted by Crippen LogP contribution is -2.64. The van der Waals surface area contributed by atoms with Gasteiger partial charge >= 0.3 is 5.97 Å². The number of fused-ring (bicyclic) bond motifs is 3. The van der Waals surface area contributed by atoms with Crippen molar-refractivity contribution in [3.63, 3.8) is 0 Å². The molecule has 4 aliphatic rings. The second kappa shape index (κ2) is 24.4. The summed E-state index contributed by atoms with van der Waals surface area (Å²) < 4.78 is 52.8. The zero-order valence-electron chi connectivity index (χ0n) is 40.2. The molecule has 3 aliphatic heterocycles. The number of piperidine rings is 1. The number of ketones is 2. The van der Waals surface area contributed by atoms with Crippen molar-refractivity contribution < 1.29 is 57.1 Å². The van der Waals surface area contributed by atoms with Gasteiger partial charge in [0.1, 0.15) is 30.2 Å². The maximum Gasteiger partial charge on any atom is 0.329 e. The lowest BCUT2D eigenvalue weighted by atomic mass is 9.81. The summed E-state index contributed by atoms with van der Waals surface area (Å²) in [5.41, 5.74) is 2.34. The van der Waals surface area contributed by atoms with Gasteiger partial charge in [0.2, 0.25) is 5.79 Å². The molecule has 0 aromatic heterocycles. The Hall–Kier alpha value is -3.59. The van der Waals surface area contributed by atoms with Gasteiger partial charge in [-0.2, -0.15) is 0 Å². The fourth-order valence-electron chi connectivity index (χ4n) is 10.4. The van der Waals surface area contributed by atoms with Crippen LogP contribution in [-0.4, -0.2) is 123 Å². The first-order valence-corrected chi connectivity index (χ1v) is 24.0. The van der Waals surface area contributed by atoms with E-state index in [1.54, 1.807) is 34.0 Å². The molecule has 2 saturated heterocycles. The Balaban J connectivity index is 1.44. The number of rotatable bonds is 10. The number of alkyl halides is 1. The Labute approximate surface area is 386 Å². The number of cyclic esters (lactones) is 1. The van der Waals surface area contributed by atoms with Crippen LogP contribution in [0.25, 0.3) is 6.08 Å². The van der Waals surface area contributed by atoms with E-state index >= 15 is 4.39 Å². The minimum Gasteiger partial charge on any atom is -0.456 e. The van der Waals surface area contributed by atoms with Crippen molar-refractivity contribution >= 4 is 29.5 Å². The molecule has 12 nitrogen and oxygen atoms in total. The van der Waals surface area contributed by atoms with Crippen LogP contribution in [0.2, 0.25) is 0 Å². The number of carbonyl (C=O) groups excluding carboxylic acids is 4. The third-order valence-electron chi connectivity index (χ3n) is 14.5.